The van der Waals surface area contributed by atoms with Gasteiger partial charge in [0.2, 0.25) is 0 Å². The SMILES string of the molecule is Cc1ccc(C(=O)Nc2ccc(CN3CCN(C)CC3)c(C(F)(F)F)c2)cc1NCc1ccnc2[nH]ccc12. The van der Waals surface area contributed by atoms with Crippen molar-refractivity contribution in [2.24, 2.45) is 0 Å². The smallest absolute Gasteiger partial charge is 0.381 e. The zero-order chi connectivity index (χ0) is 27.6. The molecule has 39 heavy (non-hydrogen) atoms. The Labute approximate surface area is 225 Å². The molecule has 3 N–H and O–H groups in total. The fourth-order valence-corrected chi connectivity index (χ4v) is 4.82. The maximum atomic E-state index is 14.0. The van der Waals surface area contributed by atoms with Gasteiger partial charge in [-0.2, -0.15) is 13.2 Å². The van der Waals surface area contributed by atoms with Crippen molar-refractivity contribution in [1.82, 2.24) is 19.8 Å². The van der Waals surface area contributed by atoms with E-state index in [-0.39, 0.29) is 17.8 Å². The maximum Gasteiger partial charge on any atom is 0.416 e. The first-order chi connectivity index (χ1) is 18.7. The second-order valence-electron chi connectivity index (χ2n) is 10.00. The number of halogens is 3. The van der Waals surface area contributed by atoms with Gasteiger partial charge in [-0.25, -0.2) is 4.98 Å². The van der Waals surface area contributed by atoms with Gasteiger partial charge in [0.05, 0.1) is 5.56 Å². The van der Waals surface area contributed by atoms with Gasteiger partial charge in [0.1, 0.15) is 5.65 Å². The monoisotopic (exact) mass is 536 g/mol. The Balaban J connectivity index is 1.30. The quantitative estimate of drug-likeness (QED) is 0.291. The predicted molar refractivity (Wildman–Crippen MR) is 147 cm³/mol. The van der Waals surface area contributed by atoms with Crippen LogP contribution in [0.15, 0.2) is 60.9 Å². The summed E-state index contributed by atoms with van der Waals surface area (Å²) < 4.78 is 41.9. The molecule has 0 saturated carbocycles. The third-order valence-corrected chi connectivity index (χ3v) is 7.18. The van der Waals surface area contributed by atoms with E-state index < -0.39 is 17.6 Å². The van der Waals surface area contributed by atoms with Crippen molar-refractivity contribution in [3.05, 3.63) is 88.7 Å². The van der Waals surface area contributed by atoms with Crippen molar-refractivity contribution in [1.29, 1.82) is 0 Å². The number of H-pyrrole nitrogens is 1. The Bertz CT molecular complexity index is 1470. The Hall–Kier alpha value is -3.89. The molecule has 5 rings (SSSR count). The van der Waals surface area contributed by atoms with Gasteiger partial charge >= 0.3 is 6.18 Å². The maximum absolute atomic E-state index is 14.0. The second-order valence-corrected chi connectivity index (χ2v) is 10.00. The summed E-state index contributed by atoms with van der Waals surface area (Å²) in [5, 5.41) is 7.03. The molecule has 0 spiro atoms. The first-order valence-corrected chi connectivity index (χ1v) is 12.9. The molecular formula is C29H31F3N6O. The number of benzene rings is 2. The summed E-state index contributed by atoms with van der Waals surface area (Å²) in [6.07, 6.45) is -0.958. The van der Waals surface area contributed by atoms with Gasteiger partial charge in [-0.3, -0.25) is 9.69 Å². The minimum absolute atomic E-state index is 0.108. The summed E-state index contributed by atoms with van der Waals surface area (Å²) in [5.74, 6) is -0.477. The van der Waals surface area contributed by atoms with Crippen molar-refractivity contribution in [2.75, 3.05) is 43.9 Å². The standard InChI is InChI=1S/C29H31F3N6O/c1-19-3-4-20(15-26(19)35-17-21-7-9-33-27-24(21)8-10-34-27)28(39)36-23-6-5-22(25(16-23)29(30,31)32)18-38-13-11-37(2)12-14-38/h3-10,15-16,35H,11-14,17-18H2,1-2H3,(H,33,34)(H,36,39). The van der Waals surface area contributed by atoms with E-state index in [9.17, 15) is 18.0 Å². The second kappa shape index (κ2) is 11.1. The number of amides is 1. The number of hydrogen-bond acceptors (Lipinski definition) is 5. The molecule has 204 valence electrons. The molecule has 0 radical (unpaired) electrons. The molecular weight excluding hydrogens is 505 g/mol. The lowest BCUT2D eigenvalue weighted by Crippen LogP contribution is -2.44. The largest absolute Gasteiger partial charge is 0.416 e. The van der Waals surface area contributed by atoms with Crippen LogP contribution in [-0.4, -0.2) is 58.9 Å². The summed E-state index contributed by atoms with van der Waals surface area (Å²) in [5.41, 5.74) is 3.49. The van der Waals surface area contributed by atoms with Crippen molar-refractivity contribution >= 4 is 28.3 Å². The van der Waals surface area contributed by atoms with Crippen LogP contribution in [0.3, 0.4) is 0 Å². The van der Waals surface area contributed by atoms with E-state index in [1.54, 1.807) is 18.3 Å². The fraction of sp³-hybridized carbons (Fsp3) is 0.310. The molecule has 0 atom stereocenters. The molecule has 1 aliphatic rings. The van der Waals surface area contributed by atoms with E-state index in [0.29, 0.717) is 25.2 Å². The van der Waals surface area contributed by atoms with Crippen LogP contribution >= 0.6 is 0 Å². The molecule has 0 unspecified atom stereocenters. The molecule has 0 aliphatic carbocycles. The van der Waals surface area contributed by atoms with E-state index in [1.165, 1.54) is 12.1 Å². The van der Waals surface area contributed by atoms with Crippen LogP contribution in [0.5, 0.6) is 0 Å². The number of aromatic amines is 1. The number of piperazine rings is 1. The van der Waals surface area contributed by atoms with Crippen LogP contribution in [0.2, 0.25) is 0 Å². The number of aromatic nitrogens is 2. The molecule has 1 fully saturated rings. The number of nitrogens with zero attached hydrogens (tertiary/aromatic N) is 3. The average molecular weight is 537 g/mol. The van der Waals surface area contributed by atoms with E-state index in [4.69, 9.17) is 0 Å². The highest BCUT2D eigenvalue weighted by molar-refractivity contribution is 6.05. The lowest BCUT2D eigenvalue weighted by atomic mass is 10.0. The number of anilines is 2. The number of nitrogens with one attached hydrogen (secondary N) is 3. The number of rotatable bonds is 7. The summed E-state index contributed by atoms with van der Waals surface area (Å²) in [4.78, 5) is 24.6. The van der Waals surface area contributed by atoms with Crippen LogP contribution < -0.4 is 10.6 Å². The van der Waals surface area contributed by atoms with E-state index in [2.05, 4.69) is 25.5 Å². The highest BCUT2D eigenvalue weighted by atomic mass is 19.4. The molecule has 2 aromatic heterocycles. The normalized spacial score (nSPS) is 15.0. The Morgan fingerprint density at radius 3 is 2.59 bits per heavy atom. The van der Waals surface area contributed by atoms with Crippen molar-refractivity contribution in [3.63, 3.8) is 0 Å². The Kier molecular flexibility index (Phi) is 7.58. The molecule has 2 aromatic carbocycles. The van der Waals surface area contributed by atoms with Crippen molar-refractivity contribution in [3.8, 4) is 0 Å². The Morgan fingerprint density at radius 1 is 1.03 bits per heavy atom. The lowest BCUT2D eigenvalue weighted by molar-refractivity contribution is -0.138. The van der Waals surface area contributed by atoms with Gasteiger partial charge in [-0.05, 0) is 67.1 Å². The molecule has 1 saturated heterocycles. The van der Waals surface area contributed by atoms with Crippen molar-refractivity contribution in [2.45, 2.75) is 26.2 Å². The first kappa shape index (κ1) is 26.7. The zero-order valence-corrected chi connectivity index (χ0v) is 21.9. The number of carbonyl (C=O) groups excluding carboxylic acids is 1. The van der Waals surface area contributed by atoms with E-state index >= 15 is 0 Å². The van der Waals surface area contributed by atoms with Gasteiger partial charge in [0.25, 0.3) is 5.91 Å². The number of alkyl halides is 3. The number of fused-ring (bicyclic) bond motifs is 1. The number of pyridine rings is 1. The predicted octanol–water partition coefficient (Wildman–Crippen LogP) is 5.50. The molecule has 3 heterocycles. The van der Waals surface area contributed by atoms with Crippen LogP contribution in [0.1, 0.15) is 32.6 Å². The van der Waals surface area contributed by atoms with E-state index in [1.807, 2.05) is 43.3 Å². The molecule has 10 heteroatoms. The topological polar surface area (TPSA) is 76.3 Å². The number of hydrogen-bond donors (Lipinski definition) is 3. The first-order valence-electron chi connectivity index (χ1n) is 12.9. The summed E-state index contributed by atoms with van der Waals surface area (Å²) >= 11 is 0. The van der Waals surface area contributed by atoms with E-state index in [0.717, 1.165) is 47.0 Å². The van der Waals surface area contributed by atoms with Gasteiger partial charge in [-0.15, -0.1) is 0 Å². The molecule has 7 nitrogen and oxygen atoms in total. The average Bonchev–Trinajstić information content (AvgIpc) is 3.39. The minimum atomic E-state index is -4.53. The molecule has 1 aliphatic heterocycles. The minimum Gasteiger partial charge on any atom is -0.381 e. The summed E-state index contributed by atoms with van der Waals surface area (Å²) in [6.45, 7) is 5.74. The van der Waals surface area contributed by atoms with Crippen LogP contribution in [0.25, 0.3) is 11.0 Å². The third kappa shape index (κ3) is 6.23. The van der Waals surface area contributed by atoms with Crippen LogP contribution in [0.4, 0.5) is 24.5 Å². The van der Waals surface area contributed by atoms with Gasteiger partial charge in [-0.1, -0.05) is 12.1 Å². The highest BCUT2D eigenvalue weighted by Gasteiger charge is 2.34. The summed E-state index contributed by atoms with van der Waals surface area (Å²) in [7, 11) is 2.00. The number of carbonyl (C=O) groups is 1. The lowest BCUT2D eigenvalue weighted by Gasteiger charge is -2.33. The zero-order valence-electron chi connectivity index (χ0n) is 21.9. The molecule has 0 bridgehead atoms. The molecule has 1 amide bonds. The van der Waals surface area contributed by atoms with Crippen LogP contribution in [0, 0.1) is 6.92 Å². The number of aryl methyl sites for hydroxylation is 1. The van der Waals surface area contributed by atoms with Gasteiger partial charge < -0.3 is 20.5 Å². The number of likely N-dealkylation sites (N-methyl/N-ethyl adjacent to an activating group) is 1. The van der Waals surface area contributed by atoms with Crippen LogP contribution in [-0.2, 0) is 19.3 Å². The molecule has 4 aromatic rings. The third-order valence-electron chi connectivity index (χ3n) is 7.18. The Morgan fingerprint density at radius 2 is 1.82 bits per heavy atom. The fourth-order valence-electron chi connectivity index (χ4n) is 4.82. The van der Waals surface area contributed by atoms with Gasteiger partial charge in [0, 0.05) is 74.0 Å². The summed E-state index contributed by atoms with van der Waals surface area (Å²) in [6, 6.07) is 13.1. The van der Waals surface area contributed by atoms with Crippen molar-refractivity contribution < 1.29 is 18.0 Å². The van der Waals surface area contributed by atoms with Gasteiger partial charge in [0.15, 0.2) is 0 Å². The highest BCUT2D eigenvalue weighted by Crippen LogP contribution is 2.35.